The molecule has 0 spiro atoms. The molecule has 18 heteroatoms. The van der Waals surface area contributed by atoms with Gasteiger partial charge in [-0.3, -0.25) is 19.4 Å². The standard InChI is InChI=1S/C44H59ClF3N7O7/c45-36-27-30(26-35(40(36)49)44(46,47)48)28-38(62-43(59)54-18-11-34(12-19-54)55-20-10-33-4-1-2-5-37(33)50-42(55)58)41(57)53-16-8-32(9-17-53)31-6-14-52(15-7-31)29-39(56)61-23-3-13-51-21-24-60-25-22-51/h1-2,4-5,26-27,31-32,34,38H,3,6-25,28-29,49H2,(H,50,58)/t38-/m1/s1. The minimum absolute atomic E-state index is 0.0630. The van der Waals surface area contributed by atoms with Crippen LogP contribution in [-0.2, 0) is 42.8 Å². The summed E-state index contributed by atoms with van der Waals surface area (Å²) in [5.74, 6) is 0.105. The average Bonchev–Trinajstić information content (AvgIpc) is 3.44. The number of piperidine rings is 3. The fourth-order valence-electron chi connectivity index (χ4n) is 9.62. The van der Waals surface area contributed by atoms with Gasteiger partial charge < -0.3 is 40.0 Å². The van der Waals surface area contributed by atoms with Crippen molar-refractivity contribution in [3.8, 4) is 0 Å². The number of carbonyl (C=O) groups excluding carboxylic acids is 4. The lowest BCUT2D eigenvalue weighted by molar-refractivity contribution is -0.145. The van der Waals surface area contributed by atoms with Gasteiger partial charge in [0, 0.05) is 70.5 Å². The van der Waals surface area contributed by atoms with Gasteiger partial charge in [-0.05, 0) is 106 Å². The first kappa shape index (κ1) is 45.7. The van der Waals surface area contributed by atoms with E-state index in [9.17, 15) is 32.3 Å². The van der Waals surface area contributed by atoms with Gasteiger partial charge in [0.1, 0.15) is 0 Å². The molecule has 5 aliphatic rings. The van der Waals surface area contributed by atoms with Crippen LogP contribution in [-0.4, -0.2) is 152 Å². The highest BCUT2D eigenvalue weighted by molar-refractivity contribution is 6.33. The van der Waals surface area contributed by atoms with Gasteiger partial charge in [0.15, 0.2) is 6.10 Å². The van der Waals surface area contributed by atoms with Crippen molar-refractivity contribution in [3.05, 3.63) is 58.1 Å². The number of anilines is 2. The second-order valence-corrected chi connectivity index (χ2v) is 17.6. The molecule has 4 amide bonds. The Balaban J connectivity index is 0.913. The van der Waals surface area contributed by atoms with Crippen molar-refractivity contribution in [2.75, 3.05) is 103 Å². The number of nitrogens with one attached hydrogen (secondary N) is 1. The van der Waals surface area contributed by atoms with Gasteiger partial charge in [-0.25, -0.2) is 9.59 Å². The van der Waals surface area contributed by atoms with Crippen LogP contribution in [0.3, 0.4) is 0 Å². The zero-order valence-corrected chi connectivity index (χ0v) is 36.0. The fraction of sp³-hybridized carbons (Fsp3) is 0.636. The van der Waals surface area contributed by atoms with E-state index in [0.29, 0.717) is 57.3 Å². The summed E-state index contributed by atoms with van der Waals surface area (Å²) in [4.78, 5) is 63.0. The molecule has 5 heterocycles. The maximum Gasteiger partial charge on any atom is 0.418 e. The number of nitrogens with two attached hydrogens (primary N) is 1. The molecule has 0 aliphatic carbocycles. The number of likely N-dealkylation sites (tertiary alicyclic amines) is 3. The Morgan fingerprint density at radius 1 is 0.871 bits per heavy atom. The molecule has 4 fully saturated rings. The SMILES string of the molecule is Nc1c(Cl)cc(C[C@@H](OC(=O)N2CCC(N3CCc4ccccc4NC3=O)CC2)C(=O)N2CCC(C3CCN(CC(=O)OCCCN4CCOCC4)CC3)CC2)cc1C(F)(F)F. The van der Waals surface area contributed by atoms with E-state index in [-0.39, 0.29) is 54.7 Å². The van der Waals surface area contributed by atoms with E-state index in [2.05, 4.69) is 15.1 Å². The minimum atomic E-state index is -4.79. The number of ether oxygens (including phenoxy) is 3. The monoisotopic (exact) mass is 889 g/mol. The third-order valence-electron chi connectivity index (χ3n) is 13.2. The lowest BCUT2D eigenvalue weighted by Gasteiger charge is -2.41. The molecule has 0 bridgehead atoms. The first-order valence-electron chi connectivity index (χ1n) is 22.1. The number of fused-ring (bicyclic) bond motifs is 1. The quantitative estimate of drug-likeness (QED) is 0.153. The number of hydrogen-bond donors (Lipinski definition) is 2. The molecule has 2 aromatic rings. The number of rotatable bonds is 12. The lowest BCUT2D eigenvalue weighted by atomic mass is 9.78. The number of esters is 1. The number of para-hydroxylation sites is 1. The fourth-order valence-corrected chi connectivity index (χ4v) is 9.86. The molecule has 2 aromatic carbocycles. The second-order valence-electron chi connectivity index (χ2n) is 17.2. The number of halogens is 4. The Bertz CT molecular complexity index is 1880. The van der Waals surface area contributed by atoms with Crippen LogP contribution in [0.5, 0.6) is 0 Å². The zero-order chi connectivity index (χ0) is 43.8. The molecule has 62 heavy (non-hydrogen) atoms. The molecule has 5 aliphatic heterocycles. The summed E-state index contributed by atoms with van der Waals surface area (Å²) in [6.07, 6.45) is -1.48. The van der Waals surface area contributed by atoms with Crippen LogP contribution in [0.1, 0.15) is 61.6 Å². The Hall–Kier alpha value is -4.32. The number of hydrogen-bond acceptors (Lipinski definition) is 10. The number of nitrogen functional groups attached to an aromatic ring is 1. The molecular formula is C44H59ClF3N7O7. The highest BCUT2D eigenvalue weighted by Crippen LogP contribution is 2.39. The molecule has 0 unspecified atom stereocenters. The predicted molar refractivity (Wildman–Crippen MR) is 227 cm³/mol. The van der Waals surface area contributed by atoms with Crippen molar-refractivity contribution < 1.29 is 46.6 Å². The van der Waals surface area contributed by atoms with Gasteiger partial charge in [0.2, 0.25) is 0 Å². The van der Waals surface area contributed by atoms with E-state index >= 15 is 0 Å². The van der Waals surface area contributed by atoms with Crippen LogP contribution < -0.4 is 11.1 Å². The number of alkyl halides is 3. The zero-order valence-electron chi connectivity index (χ0n) is 35.2. The maximum absolute atomic E-state index is 14.2. The molecule has 1 atom stereocenters. The van der Waals surface area contributed by atoms with E-state index in [4.69, 9.17) is 31.5 Å². The highest BCUT2D eigenvalue weighted by atomic mass is 35.5. The van der Waals surface area contributed by atoms with Crippen LogP contribution in [0.4, 0.5) is 34.1 Å². The highest BCUT2D eigenvalue weighted by Gasteiger charge is 2.39. The van der Waals surface area contributed by atoms with E-state index in [1.54, 1.807) is 9.80 Å². The number of urea groups is 1. The molecule has 0 radical (unpaired) electrons. The summed E-state index contributed by atoms with van der Waals surface area (Å²) >= 11 is 6.16. The summed E-state index contributed by atoms with van der Waals surface area (Å²) in [5, 5.41) is 2.68. The van der Waals surface area contributed by atoms with Crippen molar-refractivity contribution in [1.29, 1.82) is 0 Å². The first-order chi connectivity index (χ1) is 29.8. The Kier molecular flexibility index (Phi) is 15.4. The molecule has 3 N–H and O–H groups in total. The normalized spacial score (nSPS) is 20.9. The van der Waals surface area contributed by atoms with E-state index in [1.807, 2.05) is 24.3 Å². The van der Waals surface area contributed by atoms with Gasteiger partial charge >= 0.3 is 24.3 Å². The van der Waals surface area contributed by atoms with Gasteiger partial charge in [-0.15, -0.1) is 0 Å². The van der Waals surface area contributed by atoms with E-state index in [0.717, 1.165) is 95.4 Å². The third-order valence-corrected chi connectivity index (χ3v) is 13.5. The van der Waals surface area contributed by atoms with Crippen LogP contribution in [0, 0.1) is 11.8 Å². The summed E-state index contributed by atoms with van der Waals surface area (Å²) in [6, 6.07) is 9.50. The van der Waals surface area contributed by atoms with Crippen molar-refractivity contribution in [3.63, 3.8) is 0 Å². The Morgan fingerprint density at radius 2 is 1.53 bits per heavy atom. The van der Waals surface area contributed by atoms with Gasteiger partial charge in [-0.2, -0.15) is 13.2 Å². The summed E-state index contributed by atoms with van der Waals surface area (Å²) in [5.41, 5.74) is 5.86. The first-order valence-corrected chi connectivity index (χ1v) is 22.4. The van der Waals surface area contributed by atoms with Crippen LogP contribution in [0.2, 0.25) is 5.02 Å². The maximum atomic E-state index is 14.2. The molecule has 14 nitrogen and oxygen atoms in total. The van der Waals surface area contributed by atoms with Crippen molar-refractivity contribution in [2.45, 2.75) is 76.1 Å². The Labute approximate surface area is 366 Å². The molecular weight excluding hydrogens is 831 g/mol. The summed E-state index contributed by atoms with van der Waals surface area (Å²) in [7, 11) is 0. The van der Waals surface area contributed by atoms with Crippen molar-refractivity contribution in [2.24, 2.45) is 11.8 Å². The van der Waals surface area contributed by atoms with Crippen molar-refractivity contribution in [1.82, 2.24) is 24.5 Å². The van der Waals surface area contributed by atoms with E-state index < -0.39 is 35.5 Å². The molecule has 0 saturated carbocycles. The van der Waals surface area contributed by atoms with Gasteiger partial charge in [-0.1, -0.05) is 29.8 Å². The number of carbonyl (C=O) groups is 4. The average molecular weight is 890 g/mol. The molecule has 7 rings (SSSR count). The number of benzene rings is 2. The van der Waals surface area contributed by atoms with Gasteiger partial charge in [0.25, 0.3) is 5.91 Å². The topological polar surface area (TPSA) is 150 Å². The Morgan fingerprint density at radius 3 is 2.23 bits per heavy atom. The van der Waals surface area contributed by atoms with E-state index in [1.165, 1.54) is 11.0 Å². The second kappa shape index (κ2) is 20.9. The number of morpholine rings is 1. The smallest absolute Gasteiger partial charge is 0.418 e. The number of amides is 4. The van der Waals surface area contributed by atoms with Gasteiger partial charge in [0.05, 0.1) is 42.6 Å². The molecule has 0 aromatic heterocycles. The molecule has 340 valence electrons. The summed E-state index contributed by atoms with van der Waals surface area (Å²) in [6.45, 7) is 8.32. The molecule has 4 saturated heterocycles. The third kappa shape index (κ3) is 11.8. The lowest BCUT2D eigenvalue weighted by Crippen LogP contribution is -2.52. The van der Waals surface area contributed by atoms with Crippen molar-refractivity contribution >= 4 is 47.0 Å². The largest absolute Gasteiger partial charge is 0.465 e. The van der Waals surface area contributed by atoms with Crippen LogP contribution in [0.25, 0.3) is 0 Å². The summed E-state index contributed by atoms with van der Waals surface area (Å²) < 4.78 is 58.7. The van der Waals surface area contributed by atoms with Crippen LogP contribution in [0.15, 0.2) is 36.4 Å². The van der Waals surface area contributed by atoms with Crippen LogP contribution >= 0.6 is 11.6 Å². The predicted octanol–water partition coefficient (Wildman–Crippen LogP) is 5.76. The number of nitrogens with zero attached hydrogens (tertiary/aromatic N) is 5. The minimum Gasteiger partial charge on any atom is -0.465 e.